The van der Waals surface area contributed by atoms with E-state index in [1.165, 1.54) is 58.4 Å². The van der Waals surface area contributed by atoms with Crippen molar-refractivity contribution in [2.45, 2.75) is 52.1 Å². The zero-order valence-corrected chi connectivity index (χ0v) is 16.0. The monoisotopic (exact) mass is 337 g/mol. The van der Waals surface area contributed by atoms with Gasteiger partial charge in [-0.2, -0.15) is 0 Å². The quantitative estimate of drug-likeness (QED) is 0.776. The van der Waals surface area contributed by atoms with Crippen LogP contribution in [0.1, 0.15) is 46.5 Å². The van der Waals surface area contributed by atoms with Crippen molar-refractivity contribution in [2.24, 2.45) is 11.3 Å². The fourth-order valence-electron chi connectivity index (χ4n) is 4.40. The van der Waals surface area contributed by atoms with E-state index < -0.39 is 0 Å². The number of amides is 1. The smallest absolute Gasteiger partial charge is 0.410 e. The van der Waals surface area contributed by atoms with Gasteiger partial charge >= 0.3 is 6.09 Å². The molecule has 2 saturated heterocycles. The van der Waals surface area contributed by atoms with Crippen LogP contribution in [0.25, 0.3) is 0 Å². The molecule has 1 amide bonds. The number of likely N-dealkylation sites (N-methyl/N-ethyl adjacent to an activating group) is 1. The molecule has 0 aromatic heterocycles. The minimum absolute atomic E-state index is 0.132. The summed E-state index contributed by atoms with van der Waals surface area (Å²) in [6.07, 6.45) is 5.09. The SMILES string of the molecule is CN1CCN(CC2CCC3(CC2)CN(C(=O)OC(C)(C)C)C3)CC1. The topological polar surface area (TPSA) is 36.0 Å². The third-order valence-corrected chi connectivity index (χ3v) is 5.98. The zero-order chi connectivity index (χ0) is 17.4. The van der Waals surface area contributed by atoms with Crippen molar-refractivity contribution in [3.8, 4) is 0 Å². The van der Waals surface area contributed by atoms with Gasteiger partial charge in [-0.15, -0.1) is 0 Å². The highest BCUT2D eigenvalue weighted by Crippen LogP contribution is 2.46. The van der Waals surface area contributed by atoms with Gasteiger partial charge in [0.15, 0.2) is 0 Å². The van der Waals surface area contributed by atoms with Crippen molar-refractivity contribution in [2.75, 3.05) is 52.9 Å². The number of piperazine rings is 1. The van der Waals surface area contributed by atoms with Gasteiger partial charge in [-0.1, -0.05) is 0 Å². The molecule has 0 aromatic carbocycles. The molecule has 0 radical (unpaired) electrons. The van der Waals surface area contributed by atoms with Gasteiger partial charge in [-0.25, -0.2) is 4.79 Å². The van der Waals surface area contributed by atoms with Gasteiger partial charge < -0.3 is 19.4 Å². The van der Waals surface area contributed by atoms with Crippen molar-refractivity contribution in [3.05, 3.63) is 0 Å². The second kappa shape index (κ2) is 6.83. The molecule has 5 nitrogen and oxygen atoms in total. The van der Waals surface area contributed by atoms with Crippen LogP contribution in [0.15, 0.2) is 0 Å². The molecule has 2 aliphatic heterocycles. The molecule has 1 saturated carbocycles. The van der Waals surface area contributed by atoms with E-state index in [-0.39, 0.29) is 11.7 Å². The number of nitrogens with zero attached hydrogens (tertiary/aromatic N) is 3. The van der Waals surface area contributed by atoms with Crippen molar-refractivity contribution in [3.63, 3.8) is 0 Å². The molecule has 1 spiro atoms. The summed E-state index contributed by atoms with van der Waals surface area (Å²) in [6, 6.07) is 0. The van der Waals surface area contributed by atoms with Crippen LogP contribution in [0.3, 0.4) is 0 Å². The Morgan fingerprint density at radius 3 is 2.21 bits per heavy atom. The minimum atomic E-state index is -0.389. The zero-order valence-electron chi connectivity index (χ0n) is 16.0. The standard InChI is InChI=1S/C19H35N3O2/c1-18(2,3)24-17(23)22-14-19(15-22)7-5-16(6-8-19)13-21-11-9-20(4)10-12-21/h16H,5-15H2,1-4H3. The second-order valence-electron chi connectivity index (χ2n) is 9.38. The molecule has 0 N–H and O–H groups in total. The molecular weight excluding hydrogens is 302 g/mol. The lowest BCUT2D eigenvalue weighted by Crippen LogP contribution is -2.60. The maximum absolute atomic E-state index is 12.1. The van der Waals surface area contributed by atoms with Crippen LogP contribution in [0, 0.1) is 11.3 Å². The fraction of sp³-hybridized carbons (Fsp3) is 0.947. The van der Waals surface area contributed by atoms with Crippen molar-refractivity contribution >= 4 is 6.09 Å². The maximum Gasteiger partial charge on any atom is 0.410 e. The fourth-order valence-corrected chi connectivity index (χ4v) is 4.40. The van der Waals surface area contributed by atoms with Crippen LogP contribution in [-0.2, 0) is 4.74 Å². The summed E-state index contributed by atoms with van der Waals surface area (Å²) in [6.45, 7) is 13.8. The Labute approximate surface area is 147 Å². The Bertz CT molecular complexity index is 436. The van der Waals surface area contributed by atoms with E-state index >= 15 is 0 Å². The van der Waals surface area contributed by atoms with Crippen molar-refractivity contribution in [1.82, 2.24) is 14.7 Å². The molecule has 0 unspecified atom stereocenters. The number of likely N-dealkylation sites (tertiary alicyclic amines) is 1. The van der Waals surface area contributed by atoms with Gasteiger partial charge in [0, 0.05) is 51.2 Å². The Hall–Kier alpha value is -0.810. The van der Waals surface area contributed by atoms with Gasteiger partial charge in [0.25, 0.3) is 0 Å². The second-order valence-corrected chi connectivity index (χ2v) is 9.38. The number of rotatable bonds is 2. The molecule has 0 aromatic rings. The first-order chi connectivity index (χ1) is 11.2. The van der Waals surface area contributed by atoms with E-state index in [4.69, 9.17) is 4.74 Å². The molecule has 2 heterocycles. The summed E-state index contributed by atoms with van der Waals surface area (Å²) in [5, 5.41) is 0. The first kappa shape index (κ1) is 18.0. The lowest BCUT2D eigenvalue weighted by Gasteiger charge is -2.53. The van der Waals surface area contributed by atoms with E-state index in [1.54, 1.807) is 0 Å². The Kier molecular flexibility index (Phi) is 5.12. The Morgan fingerprint density at radius 2 is 1.67 bits per heavy atom. The van der Waals surface area contributed by atoms with E-state index in [9.17, 15) is 4.79 Å². The average Bonchev–Trinajstić information content (AvgIpc) is 2.46. The predicted octanol–water partition coefficient (Wildman–Crippen LogP) is 2.66. The summed E-state index contributed by atoms with van der Waals surface area (Å²) in [5.74, 6) is 0.856. The number of carbonyl (C=O) groups is 1. The van der Waals surface area contributed by atoms with Crippen LogP contribution in [0.4, 0.5) is 4.79 Å². The lowest BCUT2D eigenvalue weighted by atomic mass is 9.66. The van der Waals surface area contributed by atoms with E-state index in [0.29, 0.717) is 5.41 Å². The number of ether oxygens (including phenoxy) is 1. The molecule has 3 fully saturated rings. The largest absolute Gasteiger partial charge is 0.444 e. The molecule has 138 valence electrons. The molecule has 24 heavy (non-hydrogen) atoms. The van der Waals surface area contributed by atoms with Crippen LogP contribution < -0.4 is 0 Å². The van der Waals surface area contributed by atoms with Gasteiger partial charge in [-0.3, -0.25) is 0 Å². The molecule has 1 aliphatic carbocycles. The highest BCUT2D eigenvalue weighted by molar-refractivity contribution is 5.69. The number of hydrogen-bond acceptors (Lipinski definition) is 4. The predicted molar refractivity (Wildman–Crippen MR) is 96.1 cm³/mol. The van der Waals surface area contributed by atoms with E-state index in [0.717, 1.165) is 19.0 Å². The molecular formula is C19H35N3O2. The summed E-state index contributed by atoms with van der Waals surface area (Å²) in [7, 11) is 2.22. The number of carbonyl (C=O) groups excluding carboxylic acids is 1. The van der Waals surface area contributed by atoms with Crippen LogP contribution in [-0.4, -0.2) is 79.3 Å². The third kappa shape index (κ3) is 4.42. The molecule has 0 atom stereocenters. The maximum atomic E-state index is 12.1. The first-order valence-electron chi connectivity index (χ1n) is 9.64. The summed E-state index contributed by atoms with van der Waals surface area (Å²) in [4.78, 5) is 19.1. The summed E-state index contributed by atoms with van der Waals surface area (Å²) >= 11 is 0. The molecule has 0 bridgehead atoms. The van der Waals surface area contributed by atoms with Crippen LogP contribution in [0.2, 0.25) is 0 Å². The van der Waals surface area contributed by atoms with E-state index in [2.05, 4.69) is 16.8 Å². The third-order valence-electron chi connectivity index (χ3n) is 5.98. The molecule has 3 rings (SSSR count). The molecule has 5 heteroatoms. The van der Waals surface area contributed by atoms with Crippen LogP contribution in [0.5, 0.6) is 0 Å². The van der Waals surface area contributed by atoms with Crippen molar-refractivity contribution < 1.29 is 9.53 Å². The normalized spacial score (nSPS) is 26.4. The lowest BCUT2D eigenvalue weighted by molar-refractivity contribution is -0.0563. The number of hydrogen-bond donors (Lipinski definition) is 0. The van der Waals surface area contributed by atoms with Gasteiger partial charge in [0.2, 0.25) is 0 Å². The molecule has 3 aliphatic rings. The summed E-state index contributed by atoms with van der Waals surface area (Å²) in [5.41, 5.74) is 0.00945. The summed E-state index contributed by atoms with van der Waals surface area (Å²) < 4.78 is 5.48. The Balaban J connectivity index is 1.38. The highest BCUT2D eigenvalue weighted by Gasteiger charge is 2.48. The van der Waals surface area contributed by atoms with Gasteiger partial charge in [-0.05, 0) is 59.4 Å². The Morgan fingerprint density at radius 1 is 1.08 bits per heavy atom. The van der Waals surface area contributed by atoms with Crippen LogP contribution >= 0.6 is 0 Å². The van der Waals surface area contributed by atoms with Gasteiger partial charge in [0.05, 0.1) is 0 Å². The van der Waals surface area contributed by atoms with Crippen molar-refractivity contribution in [1.29, 1.82) is 0 Å². The first-order valence-corrected chi connectivity index (χ1v) is 9.64. The average molecular weight is 338 g/mol. The minimum Gasteiger partial charge on any atom is -0.444 e. The highest BCUT2D eigenvalue weighted by atomic mass is 16.6. The van der Waals surface area contributed by atoms with E-state index in [1.807, 2.05) is 25.7 Å². The van der Waals surface area contributed by atoms with Gasteiger partial charge in [0.1, 0.15) is 5.60 Å².